The molecule has 0 bridgehead atoms. The van der Waals surface area contributed by atoms with E-state index in [0.29, 0.717) is 18.9 Å². The first kappa shape index (κ1) is 19.5. The number of aliphatic imine (C=N–C) groups is 1. The smallest absolute Gasteiger partial charge is 0.191 e. The molecule has 1 aromatic rings. The van der Waals surface area contributed by atoms with Crippen molar-refractivity contribution in [3.63, 3.8) is 0 Å². The van der Waals surface area contributed by atoms with Gasteiger partial charge in [-0.2, -0.15) is 0 Å². The Morgan fingerprint density at radius 1 is 1.43 bits per heavy atom. The lowest BCUT2D eigenvalue weighted by Crippen LogP contribution is -2.45. The molecule has 0 aliphatic carbocycles. The molecule has 1 heterocycles. The SMILES string of the molecule is CN=C(NCC(c1ccco1)N(C)C)NC(C)CCS(C)(=O)=O. The summed E-state index contributed by atoms with van der Waals surface area (Å²) in [5.41, 5.74) is 0. The minimum atomic E-state index is -2.95. The normalized spacial score (nSPS) is 15.5. The molecule has 0 saturated carbocycles. The van der Waals surface area contributed by atoms with Crippen molar-refractivity contribution in [1.29, 1.82) is 0 Å². The highest BCUT2D eigenvalue weighted by molar-refractivity contribution is 7.90. The molecular weight excluding hydrogens is 316 g/mol. The van der Waals surface area contributed by atoms with E-state index >= 15 is 0 Å². The Bertz CT molecular complexity index is 582. The third-order valence-corrected chi connectivity index (χ3v) is 4.46. The van der Waals surface area contributed by atoms with Crippen LogP contribution in [0.5, 0.6) is 0 Å². The quantitative estimate of drug-likeness (QED) is 0.537. The fourth-order valence-corrected chi connectivity index (χ4v) is 2.88. The molecule has 132 valence electrons. The maximum absolute atomic E-state index is 11.2. The van der Waals surface area contributed by atoms with Gasteiger partial charge in [-0.25, -0.2) is 8.42 Å². The van der Waals surface area contributed by atoms with Gasteiger partial charge in [0.15, 0.2) is 5.96 Å². The van der Waals surface area contributed by atoms with Crippen LogP contribution in [-0.4, -0.2) is 65.0 Å². The van der Waals surface area contributed by atoms with Crippen LogP contribution >= 0.6 is 0 Å². The van der Waals surface area contributed by atoms with Gasteiger partial charge >= 0.3 is 0 Å². The summed E-state index contributed by atoms with van der Waals surface area (Å²) in [7, 11) is 2.71. The summed E-state index contributed by atoms with van der Waals surface area (Å²) in [6.07, 6.45) is 3.44. The molecule has 0 aromatic carbocycles. The Morgan fingerprint density at radius 3 is 2.61 bits per heavy atom. The molecule has 0 aliphatic heterocycles. The van der Waals surface area contributed by atoms with Crippen molar-refractivity contribution in [2.75, 3.05) is 39.7 Å². The largest absolute Gasteiger partial charge is 0.468 e. The van der Waals surface area contributed by atoms with Crippen LogP contribution in [0.3, 0.4) is 0 Å². The summed E-state index contributed by atoms with van der Waals surface area (Å²) in [6.45, 7) is 2.56. The Hall–Kier alpha value is -1.54. The second kappa shape index (κ2) is 8.93. The predicted octanol–water partition coefficient (Wildman–Crippen LogP) is 0.871. The summed E-state index contributed by atoms with van der Waals surface area (Å²) in [5, 5.41) is 6.46. The maximum Gasteiger partial charge on any atom is 0.191 e. The van der Waals surface area contributed by atoms with E-state index in [-0.39, 0.29) is 17.8 Å². The molecule has 2 unspecified atom stereocenters. The van der Waals surface area contributed by atoms with Crippen molar-refractivity contribution in [3.05, 3.63) is 24.2 Å². The molecule has 7 nitrogen and oxygen atoms in total. The lowest BCUT2D eigenvalue weighted by atomic mass is 10.2. The predicted molar refractivity (Wildman–Crippen MR) is 93.4 cm³/mol. The molecule has 2 atom stereocenters. The average molecular weight is 344 g/mol. The maximum atomic E-state index is 11.2. The van der Waals surface area contributed by atoms with Gasteiger partial charge in [0.05, 0.1) is 18.1 Å². The van der Waals surface area contributed by atoms with Gasteiger partial charge in [-0.15, -0.1) is 0 Å². The lowest BCUT2D eigenvalue weighted by molar-refractivity contribution is 0.258. The topological polar surface area (TPSA) is 86.9 Å². The van der Waals surface area contributed by atoms with E-state index in [4.69, 9.17) is 4.42 Å². The zero-order valence-electron chi connectivity index (χ0n) is 14.5. The highest BCUT2D eigenvalue weighted by atomic mass is 32.2. The number of rotatable bonds is 8. The number of furan rings is 1. The number of hydrogen-bond acceptors (Lipinski definition) is 5. The second-order valence-electron chi connectivity index (χ2n) is 5.91. The summed E-state index contributed by atoms with van der Waals surface area (Å²) in [4.78, 5) is 6.24. The minimum Gasteiger partial charge on any atom is -0.468 e. The summed E-state index contributed by atoms with van der Waals surface area (Å²) < 4.78 is 27.9. The highest BCUT2D eigenvalue weighted by Gasteiger charge is 2.17. The van der Waals surface area contributed by atoms with Crippen LogP contribution in [0.15, 0.2) is 27.8 Å². The van der Waals surface area contributed by atoms with E-state index in [1.807, 2.05) is 33.2 Å². The van der Waals surface area contributed by atoms with E-state index in [0.717, 1.165) is 5.76 Å². The number of likely N-dealkylation sites (N-methyl/N-ethyl adjacent to an activating group) is 1. The minimum absolute atomic E-state index is 0.0114. The molecular formula is C15H28N4O3S. The lowest BCUT2D eigenvalue weighted by Gasteiger charge is -2.24. The fraction of sp³-hybridized carbons (Fsp3) is 0.667. The molecule has 0 fully saturated rings. The van der Waals surface area contributed by atoms with Crippen LogP contribution < -0.4 is 10.6 Å². The molecule has 0 radical (unpaired) electrons. The summed E-state index contributed by atoms with van der Waals surface area (Å²) >= 11 is 0. The van der Waals surface area contributed by atoms with Crippen LogP contribution in [0.2, 0.25) is 0 Å². The first-order valence-electron chi connectivity index (χ1n) is 7.57. The number of nitrogens with zero attached hydrogens (tertiary/aromatic N) is 2. The Balaban J connectivity index is 2.52. The zero-order valence-corrected chi connectivity index (χ0v) is 15.4. The van der Waals surface area contributed by atoms with E-state index in [1.165, 1.54) is 6.26 Å². The van der Waals surface area contributed by atoms with E-state index < -0.39 is 9.84 Å². The Kier molecular flexibility index (Phi) is 7.57. The second-order valence-corrected chi connectivity index (χ2v) is 8.17. The third kappa shape index (κ3) is 7.51. The van der Waals surface area contributed by atoms with Crippen LogP contribution in [0.25, 0.3) is 0 Å². The Morgan fingerprint density at radius 2 is 2.13 bits per heavy atom. The first-order chi connectivity index (χ1) is 10.7. The molecule has 0 amide bonds. The van der Waals surface area contributed by atoms with Gasteiger partial charge in [-0.1, -0.05) is 0 Å². The van der Waals surface area contributed by atoms with Gasteiger partial charge in [-0.05, 0) is 39.6 Å². The third-order valence-electron chi connectivity index (χ3n) is 3.49. The van der Waals surface area contributed by atoms with E-state index in [1.54, 1.807) is 13.3 Å². The fourth-order valence-electron chi connectivity index (χ4n) is 2.10. The van der Waals surface area contributed by atoms with Gasteiger partial charge < -0.3 is 15.1 Å². The summed E-state index contributed by atoms with van der Waals surface area (Å²) in [6, 6.07) is 3.90. The van der Waals surface area contributed by atoms with Gasteiger partial charge in [0.25, 0.3) is 0 Å². The Labute approximate surface area is 139 Å². The van der Waals surface area contributed by atoms with Gasteiger partial charge in [0, 0.05) is 25.9 Å². The van der Waals surface area contributed by atoms with Crippen LogP contribution in [0.4, 0.5) is 0 Å². The van der Waals surface area contributed by atoms with Crippen molar-refractivity contribution in [3.8, 4) is 0 Å². The van der Waals surface area contributed by atoms with Crippen molar-refractivity contribution < 1.29 is 12.8 Å². The molecule has 2 N–H and O–H groups in total. The van der Waals surface area contributed by atoms with Crippen LogP contribution in [-0.2, 0) is 9.84 Å². The van der Waals surface area contributed by atoms with Crippen molar-refractivity contribution >= 4 is 15.8 Å². The van der Waals surface area contributed by atoms with Gasteiger partial charge in [-0.3, -0.25) is 9.89 Å². The molecule has 1 aromatic heterocycles. The van der Waals surface area contributed by atoms with Crippen molar-refractivity contribution in [2.45, 2.75) is 25.4 Å². The standard InChI is InChI=1S/C15H28N4O3S/c1-12(8-10-23(5,20)21)18-15(16-2)17-11-13(19(3)4)14-7-6-9-22-14/h6-7,9,12-13H,8,10-11H2,1-5H3,(H2,16,17,18). The van der Waals surface area contributed by atoms with Crippen molar-refractivity contribution in [2.24, 2.45) is 4.99 Å². The summed E-state index contributed by atoms with van der Waals surface area (Å²) in [5.74, 6) is 1.68. The highest BCUT2D eigenvalue weighted by Crippen LogP contribution is 2.17. The number of nitrogens with one attached hydrogen (secondary N) is 2. The van der Waals surface area contributed by atoms with Gasteiger partial charge in [0.1, 0.15) is 15.6 Å². The first-order valence-corrected chi connectivity index (χ1v) is 9.63. The van der Waals surface area contributed by atoms with Gasteiger partial charge in [0.2, 0.25) is 0 Å². The number of hydrogen-bond donors (Lipinski definition) is 2. The molecule has 0 aliphatic rings. The van der Waals surface area contributed by atoms with Crippen molar-refractivity contribution in [1.82, 2.24) is 15.5 Å². The molecule has 1 rings (SSSR count). The molecule has 23 heavy (non-hydrogen) atoms. The van der Waals surface area contributed by atoms with Crippen LogP contribution in [0, 0.1) is 0 Å². The monoisotopic (exact) mass is 344 g/mol. The zero-order chi connectivity index (χ0) is 17.5. The number of guanidine groups is 1. The van der Waals surface area contributed by atoms with E-state index in [9.17, 15) is 8.42 Å². The molecule has 0 spiro atoms. The average Bonchev–Trinajstić information content (AvgIpc) is 2.97. The molecule has 8 heteroatoms. The molecule has 0 saturated heterocycles. The van der Waals surface area contributed by atoms with Crippen LogP contribution in [0.1, 0.15) is 25.1 Å². The number of sulfone groups is 1. The van der Waals surface area contributed by atoms with E-state index in [2.05, 4.69) is 20.5 Å².